The molecule has 4 rings (SSSR count). The second kappa shape index (κ2) is 10.9. The zero-order valence-corrected chi connectivity index (χ0v) is 19.6. The molecule has 1 fully saturated rings. The van der Waals surface area contributed by atoms with E-state index in [-0.39, 0.29) is 17.5 Å². The quantitative estimate of drug-likeness (QED) is 0.341. The van der Waals surface area contributed by atoms with E-state index in [4.69, 9.17) is 22.1 Å². The summed E-state index contributed by atoms with van der Waals surface area (Å²) in [6, 6.07) is 3.52. The van der Waals surface area contributed by atoms with Crippen molar-refractivity contribution in [1.29, 1.82) is 0 Å². The molecule has 6 nitrogen and oxygen atoms in total. The largest absolute Gasteiger partial charge is 0.416 e. The van der Waals surface area contributed by atoms with Crippen LogP contribution in [0.2, 0.25) is 5.28 Å². The van der Waals surface area contributed by atoms with Crippen LogP contribution < -0.4 is 11.1 Å². The van der Waals surface area contributed by atoms with Crippen molar-refractivity contribution in [2.75, 3.05) is 30.8 Å². The summed E-state index contributed by atoms with van der Waals surface area (Å²) in [6.45, 7) is 7.13. The van der Waals surface area contributed by atoms with E-state index >= 15 is 0 Å². The van der Waals surface area contributed by atoms with Crippen molar-refractivity contribution in [3.05, 3.63) is 45.9 Å². The van der Waals surface area contributed by atoms with Gasteiger partial charge in [-0.05, 0) is 41.8 Å². The number of nitrogen functional groups attached to an aromatic ring is 1. The van der Waals surface area contributed by atoms with Gasteiger partial charge in [-0.1, -0.05) is 25.8 Å². The Morgan fingerprint density at radius 1 is 1.28 bits per heavy atom. The summed E-state index contributed by atoms with van der Waals surface area (Å²) in [5.41, 5.74) is 7.14. The monoisotopic (exact) mass is 489 g/mol. The molecule has 1 atom stereocenters. The lowest BCUT2D eigenvalue weighted by Gasteiger charge is -2.30. The summed E-state index contributed by atoms with van der Waals surface area (Å²) in [7, 11) is 0. The molecule has 1 aromatic carbocycles. The maximum Gasteiger partial charge on any atom is 0.416 e. The molecule has 2 aromatic rings. The summed E-state index contributed by atoms with van der Waals surface area (Å²) in [5.74, 6) is 0.536. The van der Waals surface area contributed by atoms with Crippen molar-refractivity contribution < 1.29 is 17.9 Å². The van der Waals surface area contributed by atoms with Crippen LogP contribution in [0.15, 0.2) is 18.2 Å². The summed E-state index contributed by atoms with van der Waals surface area (Å²) >= 11 is 7.86. The van der Waals surface area contributed by atoms with Gasteiger partial charge >= 0.3 is 6.18 Å². The summed E-state index contributed by atoms with van der Waals surface area (Å²) in [4.78, 5) is 8.63. The number of nitrogens with zero attached hydrogens (tertiary/aromatic N) is 3. The number of nitrogens with two attached hydrogens (primary N) is 1. The minimum absolute atomic E-state index is 0.0609. The molecule has 11 heteroatoms. The van der Waals surface area contributed by atoms with Crippen molar-refractivity contribution in [2.24, 2.45) is 0 Å². The first-order valence-electron chi connectivity index (χ1n) is 10.5. The third kappa shape index (κ3) is 6.40. The van der Waals surface area contributed by atoms with E-state index in [0.717, 1.165) is 56.0 Å². The van der Waals surface area contributed by atoms with E-state index in [2.05, 4.69) is 19.6 Å². The first-order valence-corrected chi connectivity index (χ1v) is 11.7. The Morgan fingerprint density at radius 3 is 2.75 bits per heavy atom. The van der Waals surface area contributed by atoms with Crippen LogP contribution in [0.1, 0.15) is 42.7 Å². The number of hydrogen-bond donors (Lipinski definition) is 2. The molecule has 0 saturated carbocycles. The van der Waals surface area contributed by atoms with Gasteiger partial charge in [0.1, 0.15) is 5.82 Å². The molecule has 0 radical (unpaired) electrons. The predicted octanol–water partition coefficient (Wildman–Crippen LogP) is 5.16. The zero-order valence-electron chi connectivity index (χ0n) is 18.0. The molecular weight excluding hydrogens is 463 g/mol. The van der Waals surface area contributed by atoms with E-state index < -0.39 is 11.7 Å². The van der Waals surface area contributed by atoms with Crippen LogP contribution in [-0.2, 0) is 30.4 Å². The third-order valence-corrected chi connectivity index (χ3v) is 6.44. The summed E-state index contributed by atoms with van der Waals surface area (Å²) < 4.78 is 46.9. The highest BCUT2D eigenvalue weighted by atomic mass is 35.5. The Kier molecular flexibility index (Phi) is 8.49. The Balaban J connectivity index is 0.00000141. The molecule has 3 N–H and O–H groups in total. The normalized spacial score (nSPS) is 18.6. The van der Waals surface area contributed by atoms with Gasteiger partial charge < -0.3 is 15.8 Å². The third-order valence-electron chi connectivity index (χ3n) is 4.99. The van der Waals surface area contributed by atoms with Gasteiger partial charge in [0, 0.05) is 49.2 Å². The number of alkyl halides is 3. The second-order valence-electron chi connectivity index (χ2n) is 7.29. The number of rotatable bonds is 5. The number of hydrogen-bond acceptors (Lipinski definition) is 7. The molecule has 2 aliphatic rings. The summed E-state index contributed by atoms with van der Waals surface area (Å²) in [6.07, 6.45) is -2.71. The number of halogens is 4. The van der Waals surface area contributed by atoms with Crippen LogP contribution in [0.4, 0.5) is 24.7 Å². The van der Waals surface area contributed by atoms with Crippen LogP contribution in [-0.4, -0.2) is 39.3 Å². The molecule has 0 aliphatic carbocycles. The van der Waals surface area contributed by atoms with Crippen LogP contribution in [0.3, 0.4) is 0 Å². The van der Waals surface area contributed by atoms with Gasteiger partial charge in [0.25, 0.3) is 0 Å². The Morgan fingerprint density at radius 2 is 2.06 bits per heavy atom. The molecule has 1 aromatic heterocycles. The first kappa shape index (κ1) is 24.9. The predicted molar refractivity (Wildman–Crippen MR) is 123 cm³/mol. The highest BCUT2D eigenvalue weighted by Crippen LogP contribution is 2.34. The molecule has 3 heterocycles. The highest BCUT2D eigenvalue weighted by Gasteiger charge is 2.31. The van der Waals surface area contributed by atoms with Crippen LogP contribution in [0, 0.1) is 0 Å². The average Bonchev–Trinajstić information content (AvgIpc) is 3.26. The van der Waals surface area contributed by atoms with Crippen molar-refractivity contribution in [1.82, 2.24) is 14.3 Å². The standard InChI is InChI=1S/C19H21ClF3N5OS.C2H6/c20-18-26-16-1-3-28(30-14-2-4-29-10-14)9-15(16)17(27-18)25-8-11-5-12(19(21,22)23)7-13(24)6-11;1-2/h5-7,14H,1-4,8-10,24H2,(H,25,26,27);1-2H3. The number of ether oxygens (including phenoxy) is 1. The number of nitrogens with one attached hydrogen (secondary N) is 1. The van der Waals surface area contributed by atoms with Crippen molar-refractivity contribution in [3.63, 3.8) is 0 Å². The Bertz CT molecular complexity index is 925. The zero-order chi connectivity index (χ0) is 23.3. The lowest BCUT2D eigenvalue weighted by molar-refractivity contribution is -0.137. The van der Waals surface area contributed by atoms with E-state index in [1.807, 2.05) is 13.8 Å². The lowest BCUT2D eigenvalue weighted by Crippen LogP contribution is -2.29. The molecule has 1 saturated heterocycles. The maximum absolute atomic E-state index is 13.1. The minimum atomic E-state index is -4.46. The average molecular weight is 490 g/mol. The Hall–Kier alpha value is -1.75. The van der Waals surface area contributed by atoms with Gasteiger partial charge in [-0.3, -0.25) is 0 Å². The van der Waals surface area contributed by atoms with E-state index in [0.29, 0.717) is 23.2 Å². The minimum Gasteiger partial charge on any atom is -0.399 e. The van der Waals surface area contributed by atoms with Crippen LogP contribution in [0.5, 0.6) is 0 Å². The summed E-state index contributed by atoms with van der Waals surface area (Å²) in [5, 5.41) is 3.68. The van der Waals surface area contributed by atoms with Gasteiger partial charge in [-0.2, -0.15) is 13.2 Å². The maximum atomic E-state index is 13.1. The van der Waals surface area contributed by atoms with Gasteiger partial charge in [0.05, 0.1) is 17.9 Å². The number of anilines is 2. The number of aromatic nitrogens is 2. The van der Waals surface area contributed by atoms with Crippen LogP contribution in [0.25, 0.3) is 0 Å². The first-order chi connectivity index (χ1) is 15.3. The van der Waals surface area contributed by atoms with E-state index in [1.165, 1.54) is 6.07 Å². The molecule has 0 spiro atoms. The highest BCUT2D eigenvalue weighted by molar-refractivity contribution is 7.97. The van der Waals surface area contributed by atoms with Gasteiger partial charge in [-0.25, -0.2) is 14.3 Å². The van der Waals surface area contributed by atoms with E-state index in [9.17, 15) is 13.2 Å². The smallest absolute Gasteiger partial charge is 0.399 e. The fraction of sp³-hybridized carbons (Fsp3) is 0.524. The van der Waals surface area contributed by atoms with E-state index in [1.54, 1.807) is 11.9 Å². The van der Waals surface area contributed by atoms with Gasteiger partial charge in [0.15, 0.2) is 0 Å². The van der Waals surface area contributed by atoms with Crippen molar-refractivity contribution in [2.45, 2.75) is 51.2 Å². The van der Waals surface area contributed by atoms with Crippen LogP contribution >= 0.6 is 23.5 Å². The molecule has 2 aliphatic heterocycles. The second-order valence-corrected chi connectivity index (χ2v) is 9.02. The fourth-order valence-electron chi connectivity index (χ4n) is 3.57. The van der Waals surface area contributed by atoms with Gasteiger partial charge in [-0.15, -0.1) is 0 Å². The molecule has 0 bridgehead atoms. The number of fused-ring (bicyclic) bond motifs is 1. The van der Waals surface area contributed by atoms with Crippen molar-refractivity contribution in [3.8, 4) is 0 Å². The Labute approximate surface area is 195 Å². The molecule has 32 heavy (non-hydrogen) atoms. The molecular formula is C21H27ClF3N5OS. The SMILES string of the molecule is CC.Nc1cc(CNc2nc(Cl)nc3c2CN(SC2CCOC2)CC3)cc(C(F)(F)F)c1. The molecule has 176 valence electrons. The molecule has 0 amide bonds. The fourth-order valence-corrected chi connectivity index (χ4v) is 4.94. The van der Waals surface area contributed by atoms with Gasteiger partial charge in [0.2, 0.25) is 5.28 Å². The number of benzene rings is 1. The lowest BCUT2D eigenvalue weighted by atomic mass is 10.1. The molecule has 1 unspecified atom stereocenters. The topological polar surface area (TPSA) is 76.3 Å². The van der Waals surface area contributed by atoms with Crippen molar-refractivity contribution >= 4 is 35.1 Å².